The number of fused-ring (bicyclic) bond motifs is 11. The zero-order valence-electron chi connectivity index (χ0n) is 20.1. The van der Waals surface area contributed by atoms with Crippen LogP contribution in [0.3, 0.4) is 0 Å². The molecule has 1 atom stereocenters. The molecule has 2 heteroatoms. The molecule has 37 heavy (non-hydrogen) atoms. The van der Waals surface area contributed by atoms with Crippen molar-refractivity contribution in [2.75, 3.05) is 5.32 Å². The first-order chi connectivity index (χ1) is 18.4. The van der Waals surface area contributed by atoms with Crippen molar-refractivity contribution in [1.82, 2.24) is 0 Å². The third-order valence-corrected chi connectivity index (χ3v) is 9.13. The highest BCUT2D eigenvalue weighted by Gasteiger charge is 2.51. The number of benzene rings is 6. The van der Waals surface area contributed by atoms with Crippen LogP contribution in [0.4, 0.5) is 11.4 Å². The molecule has 0 saturated heterocycles. The minimum atomic E-state index is -0.373. The molecular formula is C35H23NS. The molecule has 2 aliphatic rings. The summed E-state index contributed by atoms with van der Waals surface area (Å²) in [6.45, 7) is 0. The Kier molecular flexibility index (Phi) is 4.44. The van der Waals surface area contributed by atoms with E-state index >= 15 is 0 Å². The second kappa shape index (κ2) is 7.86. The number of hydrogen-bond acceptors (Lipinski definition) is 2. The van der Waals surface area contributed by atoms with Gasteiger partial charge in [-0.1, -0.05) is 121 Å². The first-order valence-corrected chi connectivity index (χ1v) is 13.5. The van der Waals surface area contributed by atoms with Crippen LogP contribution in [0, 0.1) is 0 Å². The Morgan fingerprint density at radius 3 is 2.16 bits per heavy atom. The van der Waals surface area contributed by atoms with Crippen LogP contribution in [-0.4, -0.2) is 0 Å². The SMILES string of the molecule is c1ccc(Nc2cccc3c2-c2ccccc2C32c3ccccc3Sc3c2ccc2ccccc32)cc1. The molecule has 1 aliphatic heterocycles. The monoisotopic (exact) mass is 489 g/mol. The Labute approximate surface area is 220 Å². The van der Waals surface area contributed by atoms with Gasteiger partial charge in [0.1, 0.15) is 0 Å². The van der Waals surface area contributed by atoms with Crippen molar-refractivity contribution >= 4 is 33.9 Å². The fourth-order valence-electron chi connectivity index (χ4n) is 6.46. The standard InChI is InChI=1S/C35H23NS/c1-2-12-24(13-3-1)36-31-19-10-18-29-33(31)26-15-6-7-16-27(26)35(29)28-17-8-9-20-32(28)37-34-25-14-5-4-11-23(25)21-22-30(34)35/h1-22,36H. The van der Waals surface area contributed by atoms with Gasteiger partial charge >= 0.3 is 0 Å². The number of rotatable bonds is 2. The van der Waals surface area contributed by atoms with Gasteiger partial charge in [0.25, 0.3) is 0 Å². The van der Waals surface area contributed by atoms with Gasteiger partial charge in [-0.05, 0) is 62.9 Å². The van der Waals surface area contributed by atoms with E-state index in [4.69, 9.17) is 0 Å². The molecule has 0 amide bonds. The zero-order valence-corrected chi connectivity index (χ0v) is 20.9. The molecule has 174 valence electrons. The predicted octanol–water partition coefficient (Wildman–Crippen LogP) is 9.41. The molecule has 1 aliphatic carbocycles. The average Bonchev–Trinajstić information content (AvgIpc) is 3.25. The van der Waals surface area contributed by atoms with Crippen molar-refractivity contribution in [2.45, 2.75) is 15.2 Å². The third kappa shape index (κ3) is 2.82. The summed E-state index contributed by atoms with van der Waals surface area (Å²) in [5, 5.41) is 6.35. The second-order valence-electron chi connectivity index (χ2n) is 9.78. The van der Waals surface area contributed by atoms with E-state index in [-0.39, 0.29) is 5.41 Å². The summed E-state index contributed by atoms with van der Waals surface area (Å²) in [6.07, 6.45) is 0. The van der Waals surface area contributed by atoms with Crippen molar-refractivity contribution in [2.24, 2.45) is 0 Å². The first kappa shape index (κ1) is 20.9. The summed E-state index contributed by atoms with van der Waals surface area (Å²) >= 11 is 1.91. The maximum absolute atomic E-state index is 3.74. The second-order valence-corrected chi connectivity index (χ2v) is 10.8. The number of hydrogen-bond donors (Lipinski definition) is 1. The number of anilines is 2. The molecule has 1 nitrogen and oxygen atoms in total. The lowest BCUT2D eigenvalue weighted by Crippen LogP contribution is -2.32. The van der Waals surface area contributed by atoms with Crippen LogP contribution in [0.25, 0.3) is 21.9 Å². The Morgan fingerprint density at radius 2 is 1.24 bits per heavy atom. The van der Waals surface area contributed by atoms with Crippen LogP contribution in [0.5, 0.6) is 0 Å². The minimum Gasteiger partial charge on any atom is -0.355 e. The molecule has 1 heterocycles. The van der Waals surface area contributed by atoms with Gasteiger partial charge in [-0.2, -0.15) is 0 Å². The van der Waals surface area contributed by atoms with E-state index in [0.717, 1.165) is 11.4 Å². The summed E-state index contributed by atoms with van der Waals surface area (Å²) in [6, 6.07) is 48.7. The van der Waals surface area contributed by atoms with Crippen molar-refractivity contribution in [3.05, 3.63) is 156 Å². The summed E-state index contributed by atoms with van der Waals surface area (Å²) in [5.41, 5.74) is 9.91. The van der Waals surface area contributed by atoms with Crippen molar-refractivity contribution in [3.63, 3.8) is 0 Å². The van der Waals surface area contributed by atoms with Crippen molar-refractivity contribution < 1.29 is 0 Å². The fourth-order valence-corrected chi connectivity index (χ4v) is 7.78. The van der Waals surface area contributed by atoms with Crippen LogP contribution in [-0.2, 0) is 5.41 Å². The summed E-state index contributed by atoms with van der Waals surface area (Å²) in [4.78, 5) is 2.69. The molecule has 0 radical (unpaired) electrons. The first-order valence-electron chi connectivity index (χ1n) is 12.7. The summed E-state index contributed by atoms with van der Waals surface area (Å²) in [5.74, 6) is 0. The van der Waals surface area contributed by atoms with Gasteiger partial charge in [0, 0.05) is 26.7 Å². The molecule has 1 spiro atoms. The van der Waals surface area contributed by atoms with E-state index in [2.05, 4.69) is 139 Å². The van der Waals surface area contributed by atoms with Gasteiger partial charge < -0.3 is 5.32 Å². The highest BCUT2D eigenvalue weighted by atomic mass is 32.2. The van der Waals surface area contributed by atoms with Crippen LogP contribution < -0.4 is 5.32 Å². The van der Waals surface area contributed by atoms with Gasteiger partial charge in [0.2, 0.25) is 0 Å². The van der Waals surface area contributed by atoms with Gasteiger partial charge in [0.05, 0.1) is 5.41 Å². The molecule has 1 unspecified atom stereocenters. The van der Waals surface area contributed by atoms with E-state index < -0.39 is 0 Å². The molecule has 1 N–H and O–H groups in total. The smallest absolute Gasteiger partial charge is 0.0736 e. The van der Waals surface area contributed by atoms with Crippen molar-refractivity contribution in [3.8, 4) is 11.1 Å². The predicted molar refractivity (Wildman–Crippen MR) is 155 cm³/mol. The Morgan fingerprint density at radius 1 is 0.514 bits per heavy atom. The number of nitrogens with one attached hydrogen (secondary N) is 1. The largest absolute Gasteiger partial charge is 0.355 e. The highest BCUT2D eigenvalue weighted by Crippen LogP contribution is 2.64. The lowest BCUT2D eigenvalue weighted by Gasteiger charge is -2.40. The molecule has 6 aromatic carbocycles. The maximum Gasteiger partial charge on any atom is 0.0736 e. The van der Waals surface area contributed by atoms with E-state index in [0.29, 0.717) is 0 Å². The Hall–Kier alpha value is -4.27. The Bertz CT molecular complexity index is 1840. The third-order valence-electron chi connectivity index (χ3n) is 7.91. The normalized spacial score (nSPS) is 16.6. The highest BCUT2D eigenvalue weighted by molar-refractivity contribution is 7.99. The molecule has 0 aromatic heterocycles. The Balaban J connectivity index is 1.51. The topological polar surface area (TPSA) is 12.0 Å². The zero-order chi connectivity index (χ0) is 24.4. The molecule has 6 aromatic rings. The molecular weight excluding hydrogens is 466 g/mol. The van der Waals surface area contributed by atoms with E-state index in [1.807, 2.05) is 11.8 Å². The lowest BCUT2D eigenvalue weighted by molar-refractivity contribution is 0.726. The molecule has 0 saturated carbocycles. The molecule has 0 bridgehead atoms. The minimum absolute atomic E-state index is 0.373. The fraction of sp³-hybridized carbons (Fsp3) is 0.0286. The lowest BCUT2D eigenvalue weighted by atomic mass is 9.67. The van der Waals surface area contributed by atoms with E-state index in [9.17, 15) is 0 Å². The van der Waals surface area contributed by atoms with E-state index in [1.165, 1.54) is 53.9 Å². The average molecular weight is 490 g/mol. The van der Waals surface area contributed by atoms with Gasteiger partial charge in [-0.25, -0.2) is 0 Å². The van der Waals surface area contributed by atoms with Crippen LogP contribution in [0.2, 0.25) is 0 Å². The maximum atomic E-state index is 3.74. The van der Waals surface area contributed by atoms with Gasteiger partial charge in [-0.3, -0.25) is 0 Å². The molecule has 8 rings (SSSR count). The van der Waals surface area contributed by atoms with E-state index in [1.54, 1.807) is 0 Å². The number of para-hydroxylation sites is 1. The van der Waals surface area contributed by atoms with Gasteiger partial charge in [-0.15, -0.1) is 0 Å². The van der Waals surface area contributed by atoms with Crippen LogP contribution in [0.15, 0.2) is 143 Å². The summed E-state index contributed by atoms with van der Waals surface area (Å²) in [7, 11) is 0. The van der Waals surface area contributed by atoms with Gasteiger partial charge in [0.15, 0.2) is 0 Å². The quantitative estimate of drug-likeness (QED) is 0.259. The van der Waals surface area contributed by atoms with Crippen LogP contribution in [0.1, 0.15) is 22.3 Å². The van der Waals surface area contributed by atoms with Crippen LogP contribution >= 0.6 is 11.8 Å². The summed E-state index contributed by atoms with van der Waals surface area (Å²) < 4.78 is 0. The molecule has 0 fully saturated rings. The van der Waals surface area contributed by atoms with Crippen molar-refractivity contribution in [1.29, 1.82) is 0 Å².